The van der Waals surface area contributed by atoms with Gasteiger partial charge < -0.3 is 10.1 Å². The van der Waals surface area contributed by atoms with Gasteiger partial charge >= 0.3 is 0 Å². The van der Waals surface area contributed by atoms with Crippen molar-refractivity contribution in [3.63, 3.8) is 0 Å². The Morgan fingerprint density at radius 3 is 2.41 bits per heavy atom. The SMILES string of the molecule is COCCNC(=O)C12CCCC1C1CCC3C(C)(CCC4C(C)(C)C(c5ccc(C)cc5)=CCC43C)C1CC2. The van der Waals surface area contributed by atoms with E-state index in [2.05, 4.69) is 70.3 Å². The van der Waals surface area contributed by atoms with E-state index >= 15 is 0 Å². The van der Waals surface area contributed by atoms with Crippen LogP contribution in [0.5, 0.6) is 0 Å². The van der Waals surface area contributed by atoms with Crippen LogP contribution in [0.15, 0.2) is 30.3 Å². The predicted molar refractivity (Wildman–Crippen MR) is 160 cm³/mol. The molecule has 214 valence electrons. The normalized spacial score (nSPS) is 42.4. The number of amides is 1. The first-order valence-corrected chi connectivity index (χ1v) is 16.1. The van der Waals surface area contributed by atoms with Crippen molar-refractivity contribution in [1.82, 2.24) is 5.32 Å². The number of fused-ring (bicyclic) bond motifs is 7. The standard InChI is InChI=1S/C36H53NO2/c1-24-9-11-25(12-10-24)27-15-19-35(5)30(33(27,2)3)17-20-34(4)28-16-21-36(32(38)37-22-23-39-6)18-7-8-29(36)26(28)13-14-31(34)35/h9-12,15,26,28-31H,7-8,13-14,16-23H2,1-6H3,(H,37,38). The lowest BCUT2D eigenvalue weighted by Crippen LogP contribution is -2.62. The molecule has 1 amide bonds. The van der Waals surface area contributed by atoms with Crippen molar-refractivity contribution in [3.8, 4) is 0 Å². The molecule has 1 aromatic carbocycles. The monoisotopic (exact) mass is 531 g/mol. The predicted octanol–water partition coefficient (Wildman–Crippen LogP) is 8.22. The number of hydrogen-bond donors (Lipinski definition) is 1. The van der Waals surface area contributed by atoms with Gasteiger partial charge in [0.25, 0.3) is 0 Å². The number of rotatable bonds is 5. The molecule has 0 saturated heterocycles. The van der Waals surface area contributed by atoms with E-state index in [1.165, 1.54) is 62.5 Å². The average molecular weight is 532 g/mol. The van der Waals surface area contributed by atoms with Gasteiger partial charge in [0.1, 0.15) is 0 Å². The van der Waals surface area contributed by atoms with Crippen LogP contribution in [0.3, 0.4) is 0 Å². The largest absolute Gasteiger partial charge is 0.383 e. The highest BCUT2D eigenvalue weighted by Crippen LogP contribution is 2.73. The molecule has 1 N–H and O–H groups in total. The number of carbonyl (C=O) groups excluding carboxylic acids is 1. The third-order valence-electron chi connectivity index (χ3n) is 13.5. The van der Waals surface area contributed by atoms with Crippen LogP contribution in [-0.4, -0.2) is 26.2 Å². The summed E-state index contributed by atoms with van der Waals surface area (Å²) in [7, 11) is 1.72. The number of methoxy groups -OCH3 is 1. The van der Waals surface area contributed by atoms with Crippen LogP contribution >= 0.6 is 0 Å². The van der Waals surface area contributed by atoms with Gasteiger partial charge in [-0.2, -0.15) is 0 Å². The van der Waals surface area contributed by atoms with Gasteiger partial charge in [-0.25, -0.2) is 0 Å². The molecule has 0 spiro atoms. The number of hydrogen-bond acceptors (Lipinski definition) is 2. The first-order chi connectivity index (χ1) is 18.6. The van der Waals surface area contributed by atoms with Crippen molar-refractivity contribution in [2.75, 3.05) is 20.3 Å². The molecule has 0 aliphatic heterocycles. The molecule has 3 heteroatoms. The Balaban J connectivity index is 1.27. The fraction of sp³-hybridized carbons (Fsp3) is 0.750. The molecule has 0 heterocycles. The van der Waals surface area contributed by atoms with Crippen LogP contribution < -0.4 is 5.32 Å². The lowest BCUT2D eigenvalue weighted by atomic mass is 9.36. The zero-order valence-electron chi connectivity index (χ0n) is 25.6. The summed E-state index contributed by atoms with van der Waals surface area (Å²) >= 11 is 0. The minimum absolute atomic E-state index is 0.113. The number of nitrogens with one attached hydrogen (secondary N) is 1. The van der Waals surface area contributed by atoms with E-state index in [4.69, 9.17) is 4.74 Å². The molecular weight excluding hydrogens is 478 g/mol. The van der Waals surface area contributed by atoms with E-state index in [1.807, 2.05) is 0 Å². The third kappa shape index (κ3) is 4.03. The van der Waals surface area contributed by atoms with Crippen molar-refractivity contribution in [1.29, 1.82) is 0 Å². The van der Waals surface area contributed by atoms with Gasteiger partial charge in [-0.1, -0.05) is 70.0 Å². The van der Waals surface area contributed by atoms with E-state index in [-0.39, 0.29) is 10.8 Å². The Labute approximate surface area is 237 Å². The van der Waals surface area contributed by atoms with Gasteiger partial charge in [0, 0.05) is 13.7 Å². The van der Waals surface area contributed by atoms with Gasteiger partial charge in [0.2, 0.25) is 5.91 Å². The molecule has 3 nitrogen and oxygen atoms in total. The fourth-order valence-corrected chi connectivity index (χ4v) is 11.9. The third-order valence-corrected chi connectivity index (χ3v) is 13.5. The lowest BCUT2D eigenvalue weighted by Gasteiger charge is -2.68. The second-order valence-electron chi connectivity index (χ2n) is 15.4. The molecule has 4 saturated carbocycles. The van der Waals surface area contributed by atoms with Crippen LogP contribution in [0, 0.1) is 58.2 Å². The zero-order valence-corrected chi connectivity index (χ0v) is 25.6. The van der Waals surface area contributed by atoms with Crippen molar-refractivity contribution >= 4 is 11.5 Å². The molecule has 5 aliphatic carbocycles. The summed E-state index contributed by atoms with van der Waals surface area (Å²) in [6.45, 7) is 13.9. The molecule has 8 atom stereocenters. The summed E-state index contributed by atoms with van der Waals surface area (Å²) in [6, 6.07) is 9.27. The van der Waals surface area contributed by atoms with E-state index in [0.29, 0.717) is 35.8 Å². The van der Waals surface area contributed by atoms with Crippen molar-refractivity contribution in [2.24, 2.45) is 51.2 Å². The lowest BCUT2D eigenvalue weighted by molar-refractivity contribution is -0.181. The molecule has 39 heavy (non-hydrogen) atoms. The Morgan fingerprint density at radius 2 is 1.67 bits per heavy atom. The summed E-state index contributed by atoms with van der Waals surface area (Å²) in [5, 5.41) is 3.28. The topological polar surface area (TPSA) is 38.3 Å². The van der Waals surface area contributed by atoms with E-state index in [9.17, 15) is 4.79 Å². The minimum Gasteiger partial charge on any atom is -0.383 e. The highest BCUT2D eigenvalue weighted by Gasteiger charge is 2.66. The molecule has 6 rings (SSSR count). The van der Waals surface area contributed by atoms with Crippen LogP contribution in [0.25, 0.3) is 5.57 Å². The van der Waals surface area contributed by atoms with Crippen LogP contribution in [0.1, 0.15) is 103 Å². The molecule has 0 bridgehead atoms. The fourth-order valence-electron chi connectivity index (χ4n) is 11.9. The summed E-state index contributed by atoms with van der Waals surface area (Å²) in [6.07, 6.45) is 15.2. The number of allylic oxidation sites excluding steroid dienone is 2. The highest BCUT2D eigenvalue weighted by molar-refractivity contribution is 5.83. The van der Waals surface area contributed by atoms with Crippen molar-refractivity contribution in [3.05, 3.63) is 41.5 Å². The van der Waals surface area contributed by atoms with Crippen LogP contribution in [0.4, 0.5) is 0 Å². The molecular formula is C36H53NO2. The number of ether oxygens (including phenoxy) is 1. The van der Waals surface area contributed by atoms with Crippen LogP contribution in [-0.2, 0) is 9.53 Å². The van der Waals surface area contributed by atoms with E-state index < -0.39 is 0 Å². The van der Waals surface area contributed by atoms with E-state index in [1.54, 1.807) is 12.7 Å². The van der Waals surface area contributed by atoms with Gasteiger partial charge in [0.05, 0.1) is 12.0 Å². The zero-order chi connectivity index (χ0) is 27.6. The number of aryl methyl sites for hydroxylation is 1. The highest BCUT2D eigenvalue weighted by atomic mass is 16.5. The first kappa shape index (κ1) is 27.6. The van der Waals surface area contributed by atoms with Crippen molar-refractivity contribution in [2.45, 2.75) is 98.8 Å². The molecule has 5 aliphatic rings. The molecule has 1 aromatic rings. The summed E-state index contributed by atoms with van der Waals surface area (Å²) in [4.78, 5) is 13.6. The van der Waals surface area contributed by atoms with Crippen molar-refractivity contribution < 1.29 is 9.53 Å². The number of carbonyl (C=O) groups is 1. The second kappa shape index (κ2) is 9.74. The Hall–Kier alpha value is -1.61. The maximum Gasteiger partial charge on any atom is 0.226 e. The van der Waals surface area contributed by atoms with E-state index in [0.717, 1.165) is 36.5 Å². The average Bonchev–Trinajstić information content (AvgIpc) is 3.35. The maximum absolute atomic E-state index is 13.6. The van der Waals surface area contributed by atoms with Gasteiger partial charge in [-0.3, -0.25) is 4.79 Å². The summed E-state index contributed by atoms with van der Waals surface area (Å²) < 4.78 is 5.23. The Bertz CT molecular complexity index is 1120. The molecule has 8 unspecified atom stereocenters. The first-order valence-electron chi connectivity index (χ1n) is 16.1. The quantitative estimate of drug-likeness (QED) is 0.389. The number of benzene rings is 1. The smallest absolute Gasteiger partial charge is 0.226 e. The maximum atomic E-state index is 13.6. The molecule has 4 fully saturated rings. The summed E-state index contributed by atoms with van der Waals surface area (Å²) in [5.41, 5.74) is 5.19. The molecule has 0 radical (unpaired) electrons. The van der Waals surface area contributed by atoms with Gasteiger partial charge in [-0.15, -0.1) is 0 Å². The molecule has 0 aromatic heterocycles. The van der Waals surface area contributed by atoms with Gasteiger partial charge in [0.15, 0.2) is 0 Å². The van der Waals surface area contributed by atoms with Crippen LogP contribution in [0.2, 0.25) is 0 Å². The Kier molecular flexibility index (Phi) is 6.88. The Morgan fingerprint density at radius 1 is 0.897 bits per heavy atom. The van der Waals surface area contributed by atoms with Gasteiger partial charge in [-0.05, 0) is 122 Å². The summed E-state index contributed by atoms with van der Waals surface area (Å²) in [5.74, 6) is 3.93. The second-order valence-corrected chi connectivity index (χ2v) is 15.4. The minimum atomic E-state index is -0.113.